The molecule has 7 nitrogen and oxygen atoms in total. The fourth-order valence-corrected chi connectivity index (χ4v) is 2.38. The molecule has 2 N–H and O–H groups in total. The number of benzene rings is 1. The third-order valence-corrected chi connectivity index (χ3v) is 3.36. The molecule has 3 rings (SSSR count). The number of aliphatic carboxylic acids is 1. The van der Waals surface area contributed by atoms with Gasteiger partial charge in [-0.3, -0.25) is 9.78 Å². The Morgan fingerprint density at radius 3 is 2.87 bits per heavy atom. The van der Waals surface area contributed by atoms with E-state index in [1.165, 1.54) is 18.5 Å². The summed E-state index contributed by atoms with van der Waals surface area (Å²) in [6, 6.07) is 2.49. The minimum atomic E-state index is -1.41. The van der Waals surface area contributed by atoms with Crippen LogP contribution >= 0.6 is 0 Å². The van der Waals surface area contributed by atoms with Gasteiger partial charge in [0.25, 0.3) is 0 Å². The van der Waals surface area contributed by atoms with E-state index >= 15 is 0 Å². The number of hydrogen-bond donors (Lipinski definition) is 2. The third kappa shape index (κ3) is 3.15. The lowest BCUT2D eigenvalue weighted by Crippen LogP contribution is -2.28. The van der Waals surface area contributed by atoms with Crippen molar-refractivity contribution in [3.05, 3.63) is 41.6 Å². The van der Waals surface area contributed by atoms with Crippen LogP contribution in [-0.2, 0) is 9.45 Å². The van der Waals surface area contributed by atoms with Gasteiger partial charge in [-0.15, -0.1) is 0 Å². The largest absolute Gasteiger partial charge is 0.492 e. The van der Waals surface area contributed by atoms with Gasteiger partial charge in [0.1, 0.15) is 11.6 Å². The van der Waals surface area contributed by atoms with Crippen molar-refractivity contribution in [2.24, 2.45) is 0 Å². The summed E-state index contributed by atoms with van der Waals surface area (Å²) in [6.45, 7) is 1.77. The van der Waals surface area contributed by atoms with Gasteiger partial charge in [0, 0.05) is 11.6 Å². The first-order valence-corrected chi connectivity index (χ1v) is 6.79. The number of aromatic nitrogens is 2. The van der Waals surface area contributed by atoms with Crippen LogP contribution in [0.4, 0.5) is 4.39 Å². The molecule has 0 bridgehead atoms. The van der Waals surface area contributed by atoms with Crippen molar-refractivity contribution >= 4 is 18.6 Å². The molecular formula is C14H12BFN2O5. The lowest BCUT2D eigenvalue weighted by atomic mass is 9.79. The number of aryl methyl sites for hydroxylation is 1. The molecule has 1 aliphatic rings. The van der Waals surface area contributed by atoms with Crippen molar-refractivity contribution in [1.82, 2.24) is 9.97 Å². The predicted octanol–water partition coefficient (Wildman–Crippen LogP) is 0.950. The Morgan fingerprint density at radius 1 is 1.43 bits per heavy atom. The molecule has 0 amide bonds. The van der Waals surface area contributed by atoms with E-state index in [0.717, 1.165) is 6.07 Å². The van der Waals surface area contributed by atoms with Gasteiger partial charge < -0.3 is 19.5 Å². The molecule has 0 radical (unpaired) electrons. The van der Waals surface area contributed by atoms with E-state index in [2.05, 4.69) is 9.97 Å². The van der Waals surface area contributed by atoms with Gasteiger partial charge in [0.05, 0.1) is 30.6 Å². The predicted molar refractivity (Wildman–Crippen MR) is 76.9 cm³/mol. The number of carbonyl (C=O) groups is 1. The van der Waals surface area contributed by atoms with E-state index in [4.69, 9.17) is 14.5 Å². The van der Waals surface area contributed by atoms with Crippen LogP contribution in [0.25, 0.3) is 0 Å². The number of carboxylic acids is 1. The first kappa shape index (κ1) is 15.4. The molecule has 0 fully saturated rings. The lowest BCUT2D eigenvalue weighted by Gasteiger charge is -2.11. The highest BCUT2D eigenvalue weighted by molar-refractivity contribution is 6.61. The Bertz CT molecular complexity index is 756. The van der Waals surface area contributed by atoms with Crippen molar-refractivity contribution in [1.29, 1.82) is 0 Å². The van der Waals surface area contributed by atoms with Crippen molar-refractivity contribution in [2.75, 3.05) is 0 Å². The van der Waals surface area contributed by atoms with Crippen LogP contribution in [0, 0.1) is 12.7 Å². The summed E-state index contributed by atoms with van der Waals surface area (Å²) in [5.74, 6) is -1.58. The second-order valence-electron chi connectivity index (χ2n) is 5.08. The lowest BCUT2D eigenvalue weighted by molar-refractivity contribution is -0.138. The monoisotopic (exact) mass is 318 g/mol. The fourth-order valence-electron chi connectivity index (χ4n) is 2.38. The van der Waals surface area contributed by atoms with E-state index in [-0.39, 0.29) is 22.7 Å². The average Bonchev–Trinajstić information content (AvgIpc) is 2.77. The zero-order valence-corrected chi connectivity index (χ0v) is 12.1. The molecule has 2 aromatic rings. The zero-order chi connectivity index (χ0) is 16.6. The first-order chi connectivity index (χ1) is 10.9. The molecular weight excluding hydrogens is 306 g/mol. The van der Waals surface area contributed by atoms with Crippen LogP contribution in [0.5, 0.6) is 11.6 Å². The highest BCUT2D eigenvalue weighted by Crippen LogP contribution is 2.32. The summed E-state index contributed by atoms with van der Waals surface area (Å²) in [7, 11) is -1.41. The molecule has 1 atom stereocenters. The summed E-state index contributed by atoms with van der Waals surface area (Å²) in [6.07, 6.45) is 1.41. The number of ether oxygens (including phenoxy) is 1. The van der Waals surface area contributed by atoms with Gasteiger partial charge in [0.15, 0.2) is 0 Å². The Balaban J connectivity index is 1.91. The molecule has 1 aromatic heterocycles. The van der Waals surface area contributed by atoms with E-state index in [1.54, 1.807) is 6.92 Å². The van der Waals surface area contributed by atoms with Crippen LogP contribution in [0.3, 0.4) is 0 Å². The van der Waals surface area contributed by atoms with Crippen molar-refractivity contribution in [2.45, 2.75) is 19.4 Å². The normalized spacial score (nSPS) is 16.3. The Labute approximate surface area is 130 Å². The molecule has 2 heterocycles. The van der Waals surface area contributed by atoms with E-state index in [9.17, 15) is 14.2 Å². The van der Waals surface area contributed by atoms with E-state index < -0.39 is 31.4 Å². The van der Waals surface area contributed by atoms with Crippen LogP contribution in [-0.4, -0.2) is 33.2 Å². The number of halogens is 1. The summed E-state index contributed by atoms with van der Waals surface area (Å²) in [5, 5.41) is 18.7. The number of nitrogens with zero attached hydrogens (tertiary/aromatic N) is 2. The van der Waals surface area contributed by atoms with Crippen molar-refractivity contribution in [3.63, 3.8) is 0 Å². The second kappa shape index (κ2) is 5.94. The van der Waals surface area contributed by atoms with Crippen molar-refractivity contribution in [3.8, 4) is 11.6 Å². The number of hydrogen-bond acceptors (Lipinski definition) is 6. The molecule has 1 aliphatic heterocycles. The Morgan fingerprint density at radius 2 is 2.22 bits per heavy atom. The fraction of sp³-hybridized carbons (Fsp3) is 0.214. The third-order valence-electron chi connectivity index (χ3n) is 3.36. The van der Waals surface area contributed by atoms with Crippen LogP contribution in [0.15, 0.2) is 24.5 Å². The molecule has 1 unspecified atom stereocenters. The number of carboxylic acid groups (broad SMARTS) is 1. The van der Waals surface area contributed by atoms with Gasteiger partial charge in [-0.1, -0.05) is 0 Å². The highest BCUT2D eigenvalue weighted by Gasteiger charge is 2.39. The maximum atomic E-state index is 14.3. The van der Waals surface area contributed by atoms with Gasteiger partial charge in [-0.25, -0.2) is 9.37 Å². The Kier molecular flexibility index (Phi) is 3.97. The van der Waals surface area contributed by atoms with Gasteiger partial charge >= 0.3 is 13.1 Å². The molecule has 1 aromatic carbocycles. The average molecular weight is 318 g/mol. The molecule has 0 saturated heterocycles. The molecule has 0 aliphatic carbocycles. The maximum absolute atomic E-state index is 14.3. The van der Waals surface area contributed by atoms with E-state index in [0.29, 0.717) is 5.69 Å². The summed E-state index contributed by atoms with van der Waals surface area (Å²) in [4.78, 5) is 18.8. The smallest absolute Gasteiger partial charge is 0.481 e. The van der Waals surface area contributed by atoms with Crippen LogP contribution in [0.2, 0.25) is 0 Å². The number of fused-ring (bicyclic) bond motifs is 1. The summed E-state index contributed by atoms with van der Waals surface area (Å²) >= 11 is 0. The number of rotatable bonds is 4. The Hall–Kier alpha value is -2.52. The minimum absolute atomic E-state index is 0.0299. The molecule has 23 heavy (non-hydrogen) atoms. The van der Waals surface area contributed by atoms with E-state index in [1.807, 2.05) is 0 Å². The molecule has 0 spiro atoms. The molecule has 0 saturated carbocycles. The first-order valence-electron chi connectivity index (χ1n) is 6.79. The minimum Gasteiger partial charge on any atom is -0.481 e. The summed E-state index contributed by atoms with van der Waals surface area (Å²) < 4.78 is 24.8. The SMILES string of the molecule is Cc1cnc(Oc2cc(F)c3c(c2)B(O)OC3CC(=O)O)cn1. The summed E-state index contributed by atoms with van der Waals surface area (Å²) in [5.41, 5.74) is 0.881. The standard InChI is InChI=1S/C14H12BFN2O5/c1-7-5-18-12(6-17-7)22-8-2-9-14(10(16)3-8)11(4-13(19)20)23-15(9)21/h2-3,5-6,11,21H,4H2,1H3,(H,19,20). The van der Waals surface area contributed by atoms with Crippen LogP contribution in [0.1, 0.15) is 23.8 Å². The highest BCUT2D eigenvalue weighted by atomic mass is 19.1. The topological polar surface area (TPSA) is 102 Å². The van der Waals surface area contributed by atoms with Gasteiger partial charge in [-0.05, 0) is 18.5 Å². The van der Waals surface area contributed by atoms with Crippen molar-refractivity contribution < 1.29 is 28.7 Å². The molecule has 118 valence electrons. The van der Waals surface area contributed by atoms with Gasteiger partial charge in [-0.2, -0.15) is 0 Å². The molecule has 9 heteroatoms. The quantitative estimate of drug-likeness (QED) is 0.809. The van der Waals surface area contributed by atoms with Gasteiger partial charge in [0.2, 0.25) is 5.88 Å². The maximum Gasteiger partial charge on any atom is 0.492 e. The second-order valence-corrected chi connectivity index (χ2v) is 5.08. The van der Waals surface area contributed by atoms with Crippen LogP contribution < -0.4 is 10.2 Å². The zero-order valence-electron chi connectivity index (χ0n) is 12.1.